The van der Waals surface area contributed by atoms with Crippen LogP contribution in [0.2, 0.25) is 0 Å². The van der Waals surface area contributed by atoms with Crippen molar-refractivity contribution in [3.05, 3.63) is 48.6 Å². The molecule has 0 saturated carbocycles. The molecular weight excluding hydrogens is 144 g/mol. The summed E-state index contributed by atoms with van der Waals surface area (Å²) in [5.74, 6) is 0. The predicted octanol–water partition coefficient (Wildman–Crippen LogP) is 3.59. The van der Waals surface area contributed by atoms with Gasteiger partial charge in [0.1, 0.15) is 0 Å². The molecule has 0 aliphatic heterocycles. The van der Waals surface area contributed by atoms with Gasteiger partial charge in [0, 0.05) is 0 Å². The van der Waals surface area contributed by atoms with Crippen LogP contribution in [0.25, 0.3) is 0 Å². The Bertz CT molecular complexity index is 204. The third-order valence-corrected chi connectivity index (χ3v) is 1.68. The van der Waals surface area contributed by atoms with Gasteiger partial charge in [0.15, 0.2) is 0 Å². The second-order valence-corrected chi connectivity index (χ2v) is 2.75. The zero-order chi connectivity index (χ0) is 8.49. The van der Waals surface area contributed by atoms with Gasteiger partial charge in [-0.15, -0.1) is 0 Å². The van der Waals surface area contributed by atoms with E-state index in [1.165, 1.54) is 0 Å². The summed E-state index contributed by atoms with van der Waals surface area (Å²) in [5.41, 5.74) is 0. The zero-order valence-corrected chi connectivity index (χ0v) is 7.37. The molecule has 0 amide bonds. The van der Waals surface area contributed by atoms with Crippen molar-refractivity contribution in [2.75, 3.05) is 0 Å². The molecule has 0 N–H and O–H groups in total. The summed E-state index contributed by atoms with van der Waals surface area (Å²) in [5, 5.41) is 0. The highest BCUT2D eigenvalue weighted by Crippen LogP contribution is 1.97. The summed E-state index contributed by atoms with van der Waals surface area (Å²) < 4.78 is 0. The Morgan fingerprint density at radius 3 is 2.75 bits per heavy atom. The minimum Gasteiger partial charge on any atom is -0.0844 e. The van der Waals surface area contributed by atoms with E-state index in [9.17, 15) is 0 Å². The molecule has 0 spiro atoms. The Morgan fingerprint density at radius 1 is 0.833 bits per heavy atom. The summed E-state index contributed by atoms with van der Waals surface area (Å²) in [6.07, 6.45) is 22.5. The van der Waals surface area contributed by atoms with Gasteiger partial charge < -0.3 is 0 Å². The maximum atomic E-state index is 3.23. The van der Waals surface area contributed by atoms with Crippen molar-refractivity contribution >= 4 is 0 Å². The molecule has 0 heterocycles. The topological polar surface area (TPSA) is 0 Å². The second kappa shape index (κ2) is 6.66. The minimum atomic E-state index is 0.956. The molecule has 0 bridgehead atoms. The van der Waals surface area contributed by atoms with Crippen LogP contribution in [-0.2, 0) is 0 Å². The van der Waals surface area contributed by atoms with Gasteiger partial charge in [0.2, 0.25) is 0 Å². The molecule has 1 aliphatic rings. The molecule has 12 heavy (non-hydrogen) atoms. The first kappa shape index (κ1) is 9.05. The van der Waals surface area contributed by atoms with Crippen LogP contribution >= 0.6 is 0 Å². The average molecular weight is 159 g/mol. The number of rotatable bonds is 0. The van der Waals surface area contributed by atoms with E-state index in [4.69, 9.17) is 0 Å². The summed E-state index contributed by atoms with van der Waals surface area (Å²) in [7, 11) is 0. The summed E-state index contributed by atoms with van der Waals surface area (Å²) >= 11 is 0. The van der Waals surface area contributed by atoms with Gasteiger partial charge in [-0.05, 0) is 31.8 Å². The minimum absolute atomic E-state index is 0.956. The quantitative estimate of drug-likeness (QED) is 0.474. The number of allylic oxidation sites excluding steroid dienone is 8. The van der Waals surface area contributed by atoms with Crippen molar-refractivity contribution in [2.24, 2.45) is 0 Å². The molecule has 0 unspecified atom stereocenters. The first-order valence-corrected chi connectivity index (χ1v) is 4.52. The summed E-state index contributed by atoms with van der Waals surface area (Å²) in [4.78, 5) is 0. The van der Waals surface area contributed by atoms with Gasteiger partial charge in [-0.1, -0.05) is 42.5 Å². The fourth-order valence-electron chi connectivity index (χ4n) is 1.02. The van der Waals surface area contributed by atoms with Gasteiger partial charge in [-0.3, -0.25) is 0 Å². The molecular formula is C12H15. The third kappa shape index (κ3) is 4.73. The van der Waals surface area contributed by atoms with Crippen LogP contribution in [0.3, 0.4) is 0 Å². The molecule has 0 heteroatoms. The lowest BCUT2D eigenvalue weighted by Gasteiger charge is -1.87. The second-order valence-electron chi connectivity index (χ2n) is 2.75. The van der Waals surface area contributed by atoms with Crippen molar-refractivity contribution in [3.8, 4) is 0 Å². The van der Waals surface area contributed by atoms with Crippen molar-refractivity contribution in [3.63, 3.8) is 0 Å². The lowest BCUT2D eigenvalue weighted by atomic mass is 10.2. The highest BCUT2D eigenvalue weighted by atomic mass is 13.8. The first-order chi connectivity index (χ1) is 6.00. The van der Waals surface area contributed by atoms with E-state index in [1.54, 1.807) is 0 Å². The van der Waals surface area contributed by atoms with Crippen LogP contribution in [0.15, 0.2) is 42.5 Å². The van der Waals surface area contributed by atoms with E-state index in [1.807, 2.05) is 0 Å². The molecule has 0 atom stereocenters. The van der Waals surface area contributed by atoms with E-state index in [0.717, 1.165) is 25.7 Å². The molecule has 63 valence electrons. The molecule has 1 rings (SSSR count). The summed E-state index contributed by atoms with van der Waals surface area (Å²) in [6.45, 7) is 0. The van der Waals surface area contributed by atoms with Crippen molar-refractivity contribution in [1.29, 1.82) is 0 Å². The maximum Gasteiger partial charge on any atom is -0.00978 e. The van der Waals surface area contributed by atoms with Crippen LogP contribution in [0, 0.1) is 6.08 Å². The zero-order valence-electron chi connectivity index (χ0n) is 7.37. The predicted molar refractivity (Wildman–Crippen MR) is 53.7 cm³/mol. The maximum absolute atomic E-state index is 3.23. The highest BCUT2D eigenvalue weighted by molar-refractivity contribution is 5.06. The molecule has 1 radical (unpaired) electrons. The largest absolute Gasteiger partial charge is 0.0844 e. The van der Waals surface area contributed by atoms with Gasteiger partial charge in [-0.25, -0.2) is 0 Å². The molecule has 0 aromatic rings. The fourth-order valence-corrected chi connectivity index (χ4v) is 1.02. The molecule has 0 aromatic carbocycles. The van der Waals surface area contributed by atoms with E-state index in [0.29, 0.717) is 0 Å². The third-order valence-electron chi connectivity index (χ3n) is 1.68. The average Bonchev–Trinajstić information content (AvgIpc) is 2.05. The van der Waals surface area contributed by atoms with E-state index >= 15 is 0 Å². The van der Waals surface area contributed by atoms with Crippen LogP contribution in [0.5, 0.6) is 0 Å². The Hall–Kier alpha value is -1.04. The van der Waals surface area contributed by atoms with Crippen LogP contribution < -0.4 is 0 Å². The monoisotopic (exact) mass is 159 g/mol. The highest BCUT2D eigenvalue weighted by Gasteiger charge is 1.78. The van der Waals surface area contributed by atoms with E-state index < -0.39 is 0 Å². The van der Waals surface area contributed by atoms with Gasteiger partial charge in [0.25, 0.3) is 0 Å². The molecule has 0 aromatic heterocycles. The van der Waals surface area contributed by atoms with Crippen molar-refractivity contribution in [1.82, 2.24) is 0 Å². The number of hydrogen-bond donors (Lipinski definition) is 0. The normalized spacial score (nSPS) is 29.3. The van der Waals surface area contributed by atoms with E-state index in [2.05, 4.69) is 48.6 Å². The standard InChI is InChI=1S/C12H15/c1-2-4-6-8-10-12-11-9-7-5-3-1/h1-4,7,9-10H,5-6,8,11H2/b3-1+,4-2-,9-7-,12-10?. The van der Waals surface area contributed by atoms with Crippen LogP contribution in [0.1, 0.15) is 25.7 Å². The molecule has 0 fully saturated rings. The smallest absolute Gasteiger partial charge is 0.00978 e. The van der Waals surface area contributed by atoms with Gasteiger partial charge in [-0.2, -0.15) is 0 Å². The SMILES string of the molecule is [C]1=C\CC/C=C\C=C\C/C=C\C/1. The number of hydrogen-bond acceptors (Lipinski definition) is 0. The van der Waals surface area contributed by atoms with Crippen molar-refractivity contribution in [2.45, 2.75) is 25.7 Å². The van der Waals surface area contributed by atoms with Crippen molar-refractivity contribution < 1.29 is 0 Å². The Balaban J connectivity index is 2.41. The van der Waals surface area contributed by atoms with Gasteiger partial charge >= 0.3 is 0 Å². The Labute approximate surface area is 75.0 Å². The molecule has 1 aliphatic carbocycles. The first-order valence-electron chi connectivity index (χ1n) is 4.52. The Morgan fingerprint density at radius 2 is 1.75 bits per heavy atom. The van der Waals surface area contributed by atoms with E-state index in [-0.39, 0.29) is 0 Å². The Kier molecular flexibility index (Phi) is 5.02. The fraction of sp³-hybridized carbons (Fsp3) is 0.333. The van der Waals surface area contributed by atoms with Crippen LogP contribution in [-0.4, -0.2) is 0 Å². The van der Waals surface area contributed by atoms with Gasteiger partial charge in [0.05, 0.1) is 0 Å². The molecule has 0 saturated heterocycles. The molecule has 0 nitrogen and oxygen atoms in total. The lowest BCUT2D eigenvalue weighted by molar-refractivity contribution is 1.04. The summed E-state index contributed by atoms with van der Waals surface area (Å²) in [6, 6.07) is 0. The lowest BCUT2D eigenvalue weighted by Crippen LogP contribution is -1.68. The van der Waals surface area contributed by atoms with Crippen LogP contribution in [0.4, 0.5) is 0 Å².